The number of nitriles is 1. The van der Waals surface area contributed by atoms with Crippen molar-refractivity contribution in [1.82, 2.24) is 0 Å². The van der Waals surface area contributed by atoms with E-state index in [-0.39, 0.29) is 5.75 Å². The summed E-state index contributed by atoms with van der Waals surface area (Å²) < 4.78 is 0. The Kier molecular flexibility index (Phi) is 2.06. The average molecular weight is 165 g/mol. The molecule has 0 aliphatic carbocycles. The van der Waals surface area contributed by atoms with Gasteiger partial charge >= 0.3 is 0 Å². The Morgan fingerprint density at radius 2 is 2.18 bits per heavy atom. The number of aromatic hydroxyl groups is 1. The summed E-state index contributed by atoms with van der Waals surface area (Å²) in [6.45, 7) is 1.72. The maximum absolute atomic E-state index is 9.31. The predicted octanol–water partition coefficient (Wildman–Crippen LogP) is 1.86. The lowest BCUT2D eigenvalue weighted by molar-refractivity contribution is 0.467. The van der Waals surface area contributed by atoms with Gasteiger partial charge in [0.15, 0.2) is 0 Å². The van der Waals surface area contributed by atoms with Crippen molar-refractivity contribution in [3.05, 3.63) is 23.3 Å². The van der Waals surface area contributed by atoms with Crippen LogP contribution in [0.1, 0.15) is 11.1 Å². The molecule has 11 heavy (non-hydrogen) atoms. The van der Waals surface area contributed by atoms with Gasteiger partial charge < -0.3 is 5.11 Å². The van der Waals surface area contributed by atoms with Crippen LogP contribution < -0.4 is 0 Å². The van der Waals surface area contributed by atoms with Crippen LogP contribution >= 0.6 is 12.6 Å². The van der Waals surface area contributed by atoms with Crippen LogP contribution in [0.25, 0.3) is 0 Å². The van der Waals surface area contributed by atoms with Gasteiger partial charge in [-0.15, -0.1) is 12.6 Å². The van der Waals surface area contributed by atoms with Gasteiger partial charge in [0.05, 0.1) is 5.56 Å². The van der Waals surface area contributed by atoms with E-state index in [0.29, 0.717) is 16.0 Å². The van der Waals surface area contributed by atoms with E-state index in [1.165, 1.54) is 0 Å². The van der Waals surface area contributed by atoms with E-state index in [1.807, 2.05) is 6.07 Å². The molecule has 0 aliphatic rings. The summed E-state index contributed by atoms with van der Waals surface area (Å²) in [6.07, 6.45) is 0. The minimum absolute atomic E-state index is 0.0278. The molecule has 3 heteroatoms. The molecule has 1 rings (SSSR count). The molecule has 0 atom stereocenters. The molecule has 2 nitrogen and oxygen atoms in total. The Morgan fingerprint density at radius 3 is 2.73 bits per heavy atom. The van der Waals surface area contributed by atoms with Gasteiger partial charge in [0.2, 0.25) is 0 Å². The van der Waals surface area contributed by atoms with E-state index in [1.54, 1.807) is 19.1 Å². The van der Waals surface area contributed by atoms with Crippen molar-refractivity contribution < 1.29 is 5.11 Å². The van der Waals surface area contributed by atoms with Crippen molar-refractivity contribution in [2.45, 2.75) is 11.8 Å². The Balaban J connectivity index is 3.40. The molecule has 0 saturated carbocycles. The summed E-state index contributed by atoms with van der Waals surface area (Å²) in [4.78, 5) is 0.696. The van der Waals surface area contributed by atoms with Crippen LogP contribution in [0.4, 0.5) is 0 Å². The summed E-state index contributed by atoms with van der Waals surface area (Å²) in [6, 6.07) is 5.12. The number of phenolic OH excluding ortho intramolecular Hbond substituents is 1. The Labute approximate surface area is 70.5 Å². The zero-order chi connectivity index (χ0) is 8.43. The highest BCUT2D eigenvalue weighted by Gasteiger charge is 2.04. The molecule has 1 aromatic rings. The highest BCUT2D eigenvalue weighted by atomic mass is 32.1. The second-order valence-electron chi connectivity index (χ2n) is 2.22. The van der Waals surface area contributed by atoms with Crippen LogP contribution in [0.3, 0.4) is 0 Å². The molecule has 0 spiro atoms. The second-order valence-corrected chi connectivity index (χ2v) is 2.70. The normalized spacial score (nSPS) is 9.18. The summed E-state index contributed by atoms with van der Waals surface area (Å²) >= 11 is 4.08. The maximum atomic E-state index is 9.31. The minimum Gasteiger partial charge on any atom is -0.506 e. The number of nitrogens with zero attached hydrogens (tertiary/aromatic N) is 1. The first-order chi connectivity index (χ1) is 5.16. The summed E-state index contributed by atoms with van der Waals surface area (Å²) in [5, 5.41) is 17.8. The highest BCUT2D eigenvalue weighted by Crippen LogP contribution is 2.26. The third kappa shape index (κ3) is 1.31. The molecule has 0 aliphatic heterocycles. The Hall–Kier alpha value is -1.14. The van der Waals surface area contributed by atoms with Gasteiger partial charge in [0, 0.05) is 10.5 Å². The van der Waals surface area contributed by atoms with Crippen molar-refractivity contribution in [3.8, 4) is 11.8 Å². The lowest BCUT2D eigenvalue weighted by atomic mass is 10.1. The number of hydrogen-bond acceptors (Lipinski definition) is 3. The molecule has 1 aromatic carbocycles. The number of hydrogen-bond donors (Lipinski definition) is 2. The summed E-state index contributed by atoms with van der Waals surface area (Å²) in [7, 11) is 0. The van der Waals surface area contributed by atoms with Gasteiger partial charge in [0.25, 0.3) is 0 Å². The fourth-order valence-corrected chi connectivity index (χ4v) is 0.960. The summed E-state index contributed by atoms with van der Waals surface area (Å²) in [5.41, 5.74) is 0.938. The number of phenols is 1. The van der Waals surface area contributed by atoms with Gasteiger partial charge in [-0.3, -0.25) is 0 Å². The topological polar surface area (TPSA) is 44.0 Å². The third-order valence-electron chi connectivity index (χ3n) is 1.52. The van der Waals surface area contributed by atoms with Gasteiger partial charge in [-0.25, -0.2) is 0 Å². The fraction of sp³-hybridized carbons (Fsp3) is 0.125. The standard InChI is InChI=1S/C8H7NOS/c1-5-7(11)3-2-6(4-9)8(5)10/h2-3,10-11H,1H3. The monoisotopic (exact) mass is 165 g/mol. The van der Waals surface area contributed by atoms with Gasteiger partial charge in [-0.05, 0) is 19.1 Å². The van der Waals surface area contributed by atoms with Gasteiger partial charge in [0.1, 0.15) is 11.8 Å². The molecule has 0 unspecified atom stereocenters. The third-order valence-corrected chi connectivity index (χ3v) is 2.01. The predicted molar refractivity (Wildman–Crippen MR) is 44.8 cm³/mol. The van der Waals surface area contributed by atoms with Crippen LogP contribution in [0, 0.1) is 18.3 Å². The number of benzene rings is 1. The number of thiol groups is 1. The fourth-order valence-electron chi connectivity index (χ4n) is 0.780. The Bertz CT molecular complexity index is 328. The van der Waals surface area contributed by atoms with Crippen molar-refractivity contribution in [2.75, 3.05) is 0 Å². The smallest absolute Gasteiger partial charge is 0.137 e. The molecule has 0 saturated heterocycles. The molecule has 0 radical (unpaired) electrons. The first-order valence-electron chi connectivity index (χ1n) is 3.08. The first-order valence-corrected chi connectivity index (χ1v) is 3.53. The lowest BCUT2D eigenvalue weighted by Crippen LogP contribution is -1.82. The molecular formula is C8H7NOS. The largest absolute Gasteiger partial charge is 0.506 e. The van der Waals surface area contributed by atoms with E-state index in [4.69, 9.17) is 5.26 Å². The minimum atomic E-state index is 0.0278. The molecule has 0 amide bonds. The molecule has 0 bridgehead atoms. The van der Waals surface area contributed by atoms with Gasteiger partial charge in [-0.2, -0.15) is 5.26 Å². The van der Waals surface area contributed by atoms with E-state index < -0.39 is 0 Å². The van der Waals surface area contributed by atoms with E-state index in [9.17, 15) is 5.11 Å². The van der Waals surface area contributed by atoms with Crippen molar-refractivity contribution in [1.29, 1.82) is 5.26 Å². The number of rotatable bonds is 0. The SMILES string of the molecule is Cc1c(S)ccc(C#N)c1O. The van der Waals surface area contributed by atoms with Crippen molar-refractivity contribution in [2.24, 2.45) is 0 Å². The first kappa shape index (κ1) is 7.96. The second kappa shape index (κ2) is 2.85. The lowest BCUT2D eigenvalue weighted by Gasteiger charge is -2.02. The van der Waals surface area contributed by atoms with Crippen LogP contribution in [0.2, 0.25) is 0 Å². The van der Waals surface area contributed by atoms with Crippen LogP contribution in [-0.2, 0) is 0 Å². The summed E-state index contributed by atoms with van der Waals surface area (Å²) in [5.74, 6) is 0.0278. The zero-order valence-electron chi connectivity index (χ0n) is 6.00. The van der Waals surface area contributed by atoms with E-state index >= 15 is 0 Å². The zero-order valence-corrected chi connectivity index (χ0v) is 6.89. The molecule has 1 N–H and O–H groups in total. The average Bonchev–Trinajstić information content (AvgIpc) is 2.01. The van der Waals surface area contributed by atoms with Crippen molar-refractivity contribution in [3.63, 3.8) is 0 Å². The van der Waals surface area contributed by atoms with E-state index in [0.717, 1.165) is 0 Å². The van der Waals surface area contributed by atoms with Crippen LogP contribution in [-0.4, -0.2) is 5.11 Å². The van der Waals surface area contributed by atoms with E-state index in [2.05, 4.69) is 12.6 Å². The molecule has 0 heterocycles. The quantitative estimate of drug-likeness (QED) is 0.576. The molecule has 56 valence electrons. The van der Waals surface area contributed by atoms with Crippen LogP contribution in [0.5, 0.6) is 5.75 Å². The van der Waals surface area contributed by atoms with Gasteiger partial charge in [-0.1, -0.05) is 0 Å². The Morgan fingerprint density at radius 1 is 1.55 bits per heavy atom. The molecule has 0 aromatic heterocycles. The van der Waals surface area contributed by atoms with Crippen molar-refractivity contribution >= 4 is 12.6 Å². The van der Waals surface area contributed by atoms with Crippen LogP contribution in [0.15, 0.2) is 17.0 Å². The highest BCUT2D eigenvalue weighted by molar-refractivity contribution is 7.80. The molecule has 0 fully saturated rings. The maximum Gasteiger partial charge on any atom is 0.137 e. The molecular weight excluding hydrogens is 158 g/mol.